The van der Waals surface area contributed by atoms with Crippen LogP contribution in [-0.4, -0.2) is 17.8 Å². The van der Waals surface area contributed by atoms with E-state index in [1.807, 2.05) is 0 Å². The van der Waals surface area contributed by atoms with Crippen LogP contribution in [-0.2, 0) is 0 Å². The van der Waals surface area contributed by atoms with Crippen molar-refractivity contribution in [3.8, 4) is 0 Å². The van der Waals surface area contributed by atoms with Crippen molar-refractivity contribution in [2.24, 2.45) is 0 Å². The van der Waals surface area contributed by atoms with Crippen LogP contribution in [0.2, 0.25) is 0 Å². The van der Waals surface area contributed by atoms with Crippen LogP contribution in [0.15, 0.2) is 0 Å². The van der Waals surface area contributed by atoms with Crippen molar-refractivity contribution in [3.63, 3.8) is 0 Å². The van der Waals surface area contributed by atoms with Crippen molar-refractivity contribution >= 4 is 28.4 Å². The van der Waals surface area contributed by atoms with E-state index in [1.54, 1.807) is 0 Å². The van der Waals surface area contributed by atoms with Crippen molar-refractivity contribution in [1.82, 2.24) is 0 Å². The second-order valence-electron chi connectivity index (χ2n) is 3.27. The van der Waals surface area contributed by atoms with Crippen molar-refractivity contribution in [2.45, 2.75) is 39.5 Å². The molecule has 0 unspecified atom stereocenters. The Kier molecular flexibility index (Phi) is 7.23. The molecule has 0 rings (SSSR count). The predicted molar refractivity (Wildman–Crippen MR) is 67.1 cm³/mol. The molecule has 2 heteroatoms. The zero-order chi connectivity index (χ0) is 8.74. The van der Waals surface area contributed by atoms with Crippen LogP contribution in [0.4, 0.5) is 0 Å². The Morgan fingerprint density at radius 2 is 1.36 bits per heavy atom. The van der Waals surface area contributed by atoms with Gasteiger partial charge in [-0.1, -0.05) is 26.7 Å². The Morgan fingerprint density at radius 1 is 1.00 bits per heavy atom. The lowest BCUT2D eigenvalue weighted by Crippen LogP contribution is -2.00. The van der Waals surface area contributed by atoms with Crippen molar-refractivity contribution in [3.05, 3.63) is 0 Å². The SMILES string of the molecule is CCCCS(C)(I)CCCC. The maximum Gasteiger partial charge on any atom is -0.0146 e. The van der Waals surface area contributed by atoms with E-state index in [0.717, 1.165) is 0 Å². The summed E-state index contributed by atoms with van der Waals surface area (Å²) in [6.07, 6.45) is 8.05. The lowest BCUT2D eigenvalue weighted by Gasteiger charge is -2.28. The van der Waals surface area contributed by atoms with Gasteiger partial charge in [-0.3, -0.25) is 0 Å². The molecule has 0 aliphatic rings. The molecule has 0 saturated heterocycles. The largest absolute Gasteiger partial charge is 0.190 e. The molecular formula is C9H21IS. The Labute approximate surface area is 85.4 Å². The van der Waals surface area contributed by atoms with E-state index in [1.165, 1.54) is 37.2 Å². The first-order valence-electron chi connectivity index (χ1n) is 4.55. The van der Waals surface area contributed by atoms with Gasteiger partial charge in [0.05, 0.1) is 0 Å². The Hall–Kier alpha value is 1.08. The highest BCUT2D eigenvalue weighted by molar-refractivity contribution is 14.2. The molecule has 0 aliphatic heterocycles. The summed E-state index contributed by atoms with van der Waals surface area (Å²) in [7, 11) is -0.236. The highest BCUT2D eigenvalue weighted by Gasteiger charge is 2.11. The minimum absolute atomic E-state index is 0.236. The van der Waals surface area contributed by atoms with Crippen LogP contribution in [0.5, 0.6) is 0 Å². The standard InChI is InChI=1S/C9H21IS/c1-4-6-8-11(3,10)9-7-5-2/h4-9H2,1-3H3. The van der Waals surface area contributed by atoms with Gasteiger partial charge >= 0.3 is 0 Å². The topological polar surface area (TPSA) is 0 Å². The number of halogens is 1. The van der Waals surface area contributed by atoms with E-state index in [2.05, 4.69) is 41.3 Å². The summed E-state index contributed by atoms with van der Waals surface area (Å²) in [6.45, 7) is 4.57. The molecule has 0 aromatic heterocycles. The van der Waals surface area contributed by atoms with Gasteiger partial charge in [0.25, 0.3) is 0 Å². The first-order valence-corrected chi connectivity index (χ1v) is 9.48. The Bertz CT molecular complexity index is 81.6. The third kappa shape index (κ3) is 7.44. The van der Waals surface area contributed by atoms with Crippen molar-refractivity contribution in [2.75, 3.05) is 17.8 Å². The molecule has 0 aliphatic carbocycles. The zero-order valence-corrected chi connectivity index (χ0v) is 11.0. The van der Waals surface area contributed by atoms with Gasteiger partial charge in [-0.2, -0.15) is 7.20 Å². The summed E-state index contributed by atoms with van der Waals surface area (Å²) in [5, 5.41) is 0. The predicted octanol–water partition coefficient (Wildman–Crippen LogP) is 4.37. The first kappa shape index (κ1) is 12.1. The molecule has 0 nitrogen and oxygen atoms in total. The smallest absolute Gasteiger partial charge is 0.0146 e. The number of rotatable bonds is 6. The van der Waals surface area contributed by atoms with Crippen LogP contribution in [0, 0.1) is 0 Å². The molecule has 0 aromatic carbocycles. The fourth-order valence-electron chi connectivity index (χ4n) is 0.993. The molecular weight excluding hydrogens is 267 g/mol. The molecule has 11 heavy (non-hydrogen) atoms. The summed E-state index contributed by atoms with van der Waals surface area (Å²) in [6, 6.07) is 0. The van der Waals surface area contributed by atoms with E-state index in [0.29, 0.717) is 0 Å². The highest BCUT2D eigenvalue weighted by Crippen LogP contribution is 2.53. The van der Waals surface area contributed by atoms with Gasteiger partial charge in [0.1, 0.15) is 0 Å². The number of unbranched alkanes of at least 4 members (excludes halogenated alkanes) is 2. The van der Waals surface area contributed by atoms with Gasteiger partial charge in [0.15, 0.2) is 0 Å². The molecule has 0 saturated carbocycles. The molecule has 0 atom stereocenters. The molecule has 0 radical (unpaired) electrons. The third-order valence-electron chi connectivity index (χ3n) is 1.85. The zero-order valence-electron chi connectivity index (χ0n) is 8.03. The van der Waals surface area contributed by atoms with Crippen LogP contribution < -0.4 is 0 Å². The monoisotopic (exact) mass is 288 g/mol. The normalized spacial score (nSPS) is 13.5. The van der Waals surface area contributed by atoms with Crippen LogP contribution in [0.1, 0.15) is 39.5 Å². The van der Waals surface area contributed by atoms with E-state index in [9.17, 15) is 0 Å². The summed E-state index contributed by atoms with van der Waals surface area (Å²) in [4.78, 5) is 0. The quantitative estimate of drug-likeness (QED) is 0.637. The van der Waals surface area contributed by atoms with Crippen LogP contribution >= 0.6 is 28.4 Å². The summed E-state index contributed by atoms with van der Waals surface area (Å²) < 4.78 is 0. The van der Waals surface area contributed by atoms with Gasteiger partial charge in [-0.15, -0.1) is 0 Å². The van der Waals surface area contributed by atoms with Crippen molar-refractivity contribution < 1.29 is 0 Å². The minimum Gasteiger partial charge on any atom is -0.190 e. The fourth-order valence-corrected chi connectivity index (χ4v) is 4.85. The summed E-state index contributed by atoms with van der Waals surface area (Å²) >= 11 is 2.71. The second-order valence-corrected chi connectivity index (χ2v) is 12.8. The molecule has 0 spiro atoms. The van der Waals surface area contributed by atoms with Crippen LogP contribution in [0.25, 0.3) is 0 Å². The molecule has 0 amide bonds. The maximum absolute atomic E-state index is 2.71. The van der Waals surface area contributed by atoms with Gasteiger partial charge in [-0.25, -0.2) is 0 Å². The molecule has 0 bridgehead atoms. The molecule has 0 aromatic rings. The number of hydrogen-bond acceptors (Lipinski definition) is 0. The average Bonchev–Trinajstić information content (AvgIpc) is 1.97. The number of hydrogen-bond donors (Lipinski definition) is 0. The minimum atomic E-state index is -0.236. The Balaban J connectivity index is 3.43. The van der Waals surface area contributed by atoms with Crippen LogP contribution in [0.3, 0.4) is 0 Å². The maximum atomic E-state index is 2.71. The average molecular weight is 288 g/mol. The first-order chi connectivity index (χ1) is 5.12. The molecule has 0 heterocycles. The van der Waals surface area contributed by atoms with Crippen molar-refractivity contribution in [1.29, 1.82) is 0 Å². The van der Waals surface area contributed by atoms with Gasteiger partial charge in [0, 0.05) is 0 Å². The summed E-state index contributed by atoms with van der Waals surface area (Å²) in [5.41, 5.74) is 0. The summed E-state index contributed by atoms with van der Waals surface area (Å²) in [5.74, 6) is 2.95. The lowest BCUT2D eigenvalue weighted by molar-refractivity contribution is 0.874. The van der Waals surface area contributed by atoms with E-state index in [-0.39, 0.29) is 7.20 Å². The van der Waals surface area contributed by atoms with Gasteiger partial charge in [-0.05, 0) is 51.8 Å². The third-order valence-corrected chi connectivity index (χ3v) is 6.77. The lowest BCUT2D eigenvalue weighted by atomic mass is 10.4. The van der Waals surface area contributed by atoms with E-state index >= 15 is 0 Å². The second kappa shape index (κ2) is 6.58. The molecule has 0 N–H and O–H groups in total. The molecule has 70 valence electrons. The highest BCUT2D eigenvalue weighted by atomic mass is 127. The van der Waals surface area contributed by atoms with Gasteiger partial charge in [0.2, 0.25) is 0 Å². The van der Waals surface area contributed by atoms with E-state index in [4.69, 9.17) is 0 Å². The molecule has 0 fully saturated rings. The Morgan fingerprint density at radius 3 is 1.64 bits per heavy atom. The van der Waals surface area contributed by atoms with E-state index < -0.39 is 0 Å². The van der Waals surface area contributed by atoms with Gasteiger partial charge < -0.3 is 0 Å². The fraction of sp³-hybridized carbons (Fsp3) is 1.00.